The minimum absolute atomic E-state index is 0.0381. The Kier molecular flexibility index (Phi) is 7.54. The molecule has 0 spiro atoms. The van der Waals surface area contributed by atoms with Crippen LogP contribution in [0.4, 0.5) is 13.2 Å². The van der Waals surface area contributed by atoms with Crippen LogP contribution in [0.5, 0.6) is 0 Å². The minimum atomic E-state index is -4.59. The molecule has 3 atom stereocenters. The summed E-state index contributed by atoms with van der Waals surface area (Å²) in [4.78, 5) is 25.9. The lowest BCUT2D eigenvalue weighted by Crippen LogP contribution is -2.48. The summed E-state index contributed by atoms with van der Waals surface area (Å²) < 4.78 is 60.1. The molecule has 3 aromatic rings. The van der Waals surface area contributed by atoms with Crippen molar-refractivity contribution in [2.24, 2.45) is 0 Å². The van der Waals surface area contributed by atoms with Crippen LogP contribution in [0, 0.1) is 0 Å². The van der Waals surface area contributed by atoms with E-state index in [1.165, 1.54) is 6.20 Å². The first-order chi connectivity index (χ1) is 16.7. The molecular formula is C25H25F3N2O5. The first-order valence-electron chi connectivity index (χ1n) is 11.1. The molecule has 0 unspecified atom stereocenters. The van der Waals surface area contributed by atoms with Crippen LogP contribution in [0.1, 0.15) is 30.2 Å². The lowest BCUT2D eigenvalue weighted by Gasteiger charge is -2.35. The number of hydrogen-bond acceptors (Lipinski definition) is 5. The summed E-state index contributed by atoms with van der Waals surface area (Å²) in [5.74, 6) is 0. The van der Waals surface area contributed by atoms with Gasteiger partial charge in [0.05, 0.1) is 32.3 Å². The van der Waals surface area contributed by atoms with Crippen LogP contribution in [-0.4, -0.2) is 34.0 Å². The fraction of sp³-hybridized carbons (Fsp3) is 0.360. The van der Waals surface area contributed by atoms with Crippen LogP contribution in [0.3, 0.4) is 0 Å². The first kappa shape index (κ1) is 24.9. The molecule has 1 aliphatic heterocycles. The van der Waals surface area contributed by atoms with Crippen molar-refractivity contribution in [3.8, 4) is 0 Å². The van der Waals surface area contributed by atoms with Crippen LogP contribution in [-0.2, 0) is 27.4 Å². The average molecular weight is 490 g/mol. The van der Waals surface area contributed by atoms with Gasteiger partial charge in [-0.05, 0) is 11.1 Å². The Labute approximate surface area is 199 Å². The number of aromatic nitrogens is 2. The van der Waals surface area contributed by atoms with Gasteiger partial charge >= 0.3 is 11.9 Å². The molecule has 0 saturated carbocycles. The van der Waals surface area contributed by atoms with E-state index in [1.54, 1.807) is 48.5 Å². The van der Waals surface area contributed by atoms with Crippen molar-refractivity contribution in [1.82, 2.24) is 9.55 Å². The molecule has 1 N–H and O–H groups in total. The molecule has 186 valence electrons. The molecule has 1 aromatic heterocycles. The fourth-order valence-corrected chi connectivity index (χ4v) is 4.20. The van der Waals surface area contributed by atoms with Crippen molar-refractivity contribution < 1.29 is 27.4 Å². The van der Waals surface area contributed by atoms with E-state index in [2.05, 4.69) is 4.98 Å². The van der Waals surface area contributed by atoms with E-state index in [1.807, 2.05) is 12.1 Å². The van der Waals surface area contributed by atoms with Gasteiger partial charge in [0.25, 0.3) is 5.56 Å². The molecule has 2 aromatic carbocycles. The smallest absolute Gasteiger partial charge is 0.374 e. The monoisotopic (exact) mass is 490 g/mol. The fourth-order valence-electron chi connectivity index (χ4n) is 4.20. The summed E-state index contributed by atoms with van der Waals surface area (Å²) in [5, 5.41) is 0. The van der Waals surface area contributed by atoms with Crippen LogP contribution >= 0.6 is 0 Å². The zero-order chi connectivity index (χ0) is 24.9. The Bertz CT molecular complexity index is 1210. The number of benzene rings is 2. The van der Waals surface area contributed by atoms with Crippen LogP contribution in [0.25, 0.3) is 0 Å². The molecule has 4 rings (SSSR count). The third-order valence-corrected chi connectivity index (χ3v) is 5.79. The Hall–Kier alpha value is -3.21. The lowest BCUT2D eigenvalue weighted by molar-refractivity contribution is -0.227. The molecule has 0 radical (unpaired) electrons. The molecule has 1 fully saturated rings. The SMILES string of the molecule is O=c1ccn([C@H]2C[C@H](OCc3ccccc3)[C@](COCc3ccccc3)(CC(F)(F)F)O2)c(=O)[nH]1. The van der Waals surface area contributed by atoms with Crippen molar-refractivity contribution in [3.63, 3.8) is 0 Å². The third kappa shape index (κ3) is 6.47. The maximum Gasteiger partial charge on any atom is 0.392 e. The van der Waals surface area contributed by atoms with Crippen molar-refractivity contribution in [3.05, 3.63) is 105 Å². The van der Waals surface area contributed by atoms with Gasteiger partial charge < -0.3 is 14.2 Å². The number of ether oxygens (including phenoxy) is 3. The van der Waals surface area contributed by atoms with Gasteiger partial charge in [-0.3, -0.25) is 14.3 Å². The van der Waals surface area contributed by atoms with Crippen LogP contribution < -0.4 is 11.2 Å². The highest BCUT2D eigenvalue weighted by molar-refractivity contribution is 5.14. The van der Waals surface area contributed by atoms with E-state index in [9.17, 15) is 22.8 Å². The number of rotatable bonds is 9. The Balaban J connectivity index is 1.62. The standard InChI is InChI=1S/C25H25F3N2O5/c26-25(27,28)16-24(17-33-14-18-7-3-1-4-8-18)20(34-15-19-9-5-2-6-10-19)13-22(35-24)30-12-11-21(31)29-23(30)32/h1-12,20,22H,13-17H2,(H,29,31,32)/t20-,22+,24+/m0/s1. The summed E-state index contributed by atoms with van der Waals surface area (Å²) in [6, 6.07) is 19.2. The number of nitrogens with one attached hydrogen (secondary N) is 1. The van der Waals surface area contributed by atoms with Crippen molar-refractivity contribution >= 4 is 0 Å². The van der Waals surface area contributed by atoms with E-state index < -0.39 is 48.4 Å². The van der Waals surface area contributed by atoms with Gasteiger partial charge in [-0.25, -0.2) is 4.79 Å². The average Bonchev–Trinajstić information content (AvgIpc) is 3.15. The second-order valence-electron chi connectivity index (χ2n) is 8.45. The molecule has 0 aliphatic carbocycles. The highest BCUT2D eigenvalue weighted by atomic mass is 19.4. The highest BCUT2D eigenvalue weighted by Gasteiger charge is 2.56. The van der Waals surface area contributed by atoms with Crippen molar-refractivity contribution in [1.29, 1.82) is 0 Å². The predicted molar refractivity (Wildman–Crippen MR) is 121 cm³/mol. The zero-order valence-electron chi connectivity index (χ0n) is 18.7. The molecular weight excluding hydrogens is 465 g/mol. The minimum Gasteiger partial charge on any atom is -0.374 e. The third-order valence-electron chi connectivity index (χ3n) is 5.79. The topological polar surface area (TPSA) is 82.5 Å². The molecule has 0 bridgehead atoms. The van der Waals surface area contributed by atoms with Gasteiger partial charge in [0.1, 0.15) is 11.8 Å². The van der Waals surface area contributed by atoms with Crippen LogP contribution in [0.2, 0.25) is 0 Å². The van der Waals surface area contributed by atoms with Gasteiger partial charge in [0.2, 0.25) is 0 Å². The molecule has 35 heavy (non-hydrogen) atoms. The quantitative estimate of drug-likeness (QED) is 0.491. The predicted octanol–water partition coefficient (Wildman–Crippen LogP) is 3.95. The number of halogens is 3. The normalized spacial score (nSPS) is 22.4. The molecule has 1 aliphatic rings. The highest BCUT2D eigenvalue weighted by Crippen LogP contribution is 2.45. The number of aromatic amines is 1. The molecule has 0 amide bonds. The Morgan fingerprint density at radius 1 is 0.971 bits per heavy atom. The molecule has 7 nitrogen and oxygen atoms in total. The summed E-state index contributed by atoms with van der Waals surface area (Å²) >= 11 is 0. The van der Waals surface area contributed by atoms with Gasteiger partial charge in [-0.1, -0.05) is 60.7 Å². The first-order valence-corrected chi connectivity index (χ1v) is 11.1. The van der Waals surface area contributed by atoms with Crippen LogP contribution in [0.15, 0.2) is 82.5 Å². The Morgan fingerprint density at radius 2 is 1.60 bits per heavy atom. The number of H-pyrrole nitrogens is 1. The summed E-state index contributed by atoms with van der Waals surface area (Å²) in [7, 11) is 0. The van der Waals surface area contributed by atoms with Crippen molar-refractivity contribution in [2.75, 3.05) is 6.61 Å². The van der Waals surface area contributed by atoms with E-state index in [0.29, 0.717) is 0 Å². The number of alkyl halides is 3. The van der Waals surface area contributed by atoms with E-state index in [0.717, 1.165) is 21.8 Å². The van der Waals surface area contributed by atoms with Gasteiger partial charge in [0.15, 0.2) is 0 Å². The Morgan fingerprint density at radius 3 is 2.20 bits per heavy atom. The van der Waals surface area contributed by atoms with E-state index in [4.69, 9.17) is 14.2 Å². The molecule has 1 saturated heterocycles. The maximum absolute atomic E-state index is 13.8. The largest absolute Gasteiger partial charge is 0.392 e. The molecule has 10 heteroatoms. The summed E-state index contributed by atoms with van der Waals surface area (Å²) in [6.45, 7) is -0.269. The second-order valence-corrected chi connectivity index (χ2v) is 8.45. The van der Waals surface area contributed by atoms with E-state index in [-0.39, 0.29) is 19.6 Å². The van der Waals surface area contributed by atoms with Gasteiger partial charge in [0, 0.05) is 18.7 Å². The summed E-state index contributed by atoms with van der Waals surface area (Å²) in [6.07, 6.45) is -6.87. The van der Waals surface area contributed by atoms with Crippen molar-refractivity contribution in [2.45, 2.75) is 50.2 Å². The van der Waals surface area contributed by atoms with E-state index >= 15 is 0 Å². The number of nitrogens with zero attached hydrogens (tertiary/aromatic N) is 1. The maximum atomic E-state index is 13.8. The second kappa shape index (κ2) is 10.6. The number of hydrogen-bond donors (Lipinski definition) is 1. The summed E-state index contributed by atoms with van der Waals surface area (Å²) in [5.41, 5.74) is -1.72. The molecule has 2 heterocycles. The lowest BCUT2D eigenvalue weighted by atomic mass is 9.93. The van der Waals surface area contributed by atoms with Gasteiger partial charge in [-0.15, -0.1) is 0 Å². The van der Waals surface area contributed by atoms with Gasteiger partial charge in [-0.2, -0.15) is 13.2 Å². The zero-order valence-corrected chi connectivity index (χ0v) is 18.7.